The van der Waals surface area contributed by atoms with Crippen molar-refractivity contribution in [2.75, 3.05) is 20.3 Å². The van der Waals surface area contributed by atoms with Gasteiger partial charge in [-0.3, -0.25) is 4.79 Å². The minimum atomic E-state index is -0.751. The van der Waals surface area contributed by atoms with Gasteiger partial charge in [-0.05, 0) is 43.2 Å². The fraction of sp³-hybridized carbons (Fsp3) is 0.588. The van der Waals surface area contributed by atoms with Gasteiger partial charge in [0.1, 0.15) is 0 Å². The molecule has 2 aliphatic rings. The smallest absolute Gasteiger partial charge is 0.243 e. The number of benzene rings is 1. The molecule has 21 heavy (non-hydrogen) atoms. The molecular weight excluding hydrogens is 264 g/mol. The van der Waals surface area contributed by atoms with Crippen LogP contribution in [0.4, 0.5) is 0 Å². The van der Waals surface area contributed by atoms with Crippen molar-refractivity contribution in [1.82, 2.24) is 4.90 Å². The number of aryl methyl sites for hydroxylation is 1. The molecule has 4 nitrogen and oxygen atoms in total. The predicted molar refractivity (Wildman–Crippen MR) is 81.9 cm³/mol. The SMILES string of the molecule is CN(C(=O)C1(N)CCOCC1)C1CCCc2ccccc21. The van der Waals surface area contributed by atoms with Gasteiger partial charge >= 0.3 is 0 Å². The number of fused-ring (bicyclic) bond motifs is 1. The van der Waals surface area contributed by atoms with Gasteiger partial charge in [0.05, 0.1) is 11.6 Å². The lowest BCUT2D eigenvalue weighted by Gasteiger charge is -2.40. The largest absolute Gasteiger partial charge is 0.381 e. The minimum absolute atomic E-state index is 0.0625. The van der Waals surface area contributed by atoms with Gasteiger partial charge in [0.25, 0.3) is 0 Å². The quantitative estimate of drug-likeness (QED) is 0.906. The number of ether oxygens (including phenoxy) is 1. The van der Waals surface area contributed by atoms with Crippen molar-refractivity contribution in [2.45, 2.75) is 43.7 Å². The molecule has 0 saturated carbocycles. The molecular formula is C17H24N2O2. The van der Waals surface area contributed by atoms with E-state index >= 15 is 0 Å². The van der Waals surface area contributed by atoms with Gasteiger partial charge in [0, 0.05) is 20.3 Å². The summed E-state index contributed by atoms with van der Waals surface area (Å²) in [6, 6.07) is 8.61. The standard InChI is InChI=1S/C17H24N2O2/c1-19(16(20)17(18)9-11-21-12-10-17)15-8-4-6-13-5-2-3-7-14(13)15/h2-3,5,7,15H,4,6,8-12,18H2,1H3. The Morgan fingerprint density at radius 3 is 2.81 bits per heavy atom. The number of hydrogen-bond donors (Lipinski definition) is 1. The maximum Gasteiger partial charge on any atom is 0.243 e. The number of carbonyl (C=O) groups is 1. The fourth-order valence-electron chi connectivity index (χ4n) is 3.57. The van der Waals surface area contributed by atoms with Crippen molar-refractivity contribution in [3.05, 3.63) is 35.4 Å². The van der Waals surface area contributed by atoms with E-state index in [0.29, 0.717) is 26.1 Å². The Morgan fingerprint density at radius 1 is 1.33 bits per heavy atom. The normalized spacial score (nSPS) is 24.2. The molecule has 1 unspecified atom stereocenters. The zero-order valence-electron chi connectivity index (χ0n) is 12.7. The molecule has 0 aromatic heterocycles. The summed E-state index contributed by atoms with van der Waals surface area (Å²) in [4.78, 5) is 14.8. The van der Waals surface area contributed by atoms with Gasteiger partial charge in [0.2, 0.25) is 5.91 Å². The first kappa shape index (κ1) is 14.5. The van der Waals surface area contributed by atoms with E-state index in [1.54, 1.807) is 0 Å². The Bertz CT molecular complexity index is 523. The highest BCUT2D eigenvalue weighted by atomic mass is 16.5. The van der Waals surface area contributed by atoms with Gasteiger partial charge < -0.3 is 15.4 Å². The summed E-state index contributed by atoms with van der Waals surface area (Å²) in [6.45, 7) is 1.16. The summed E-state index contributed by atoms with van der Waals surface area (Å²) in [7, 11) is 1.90. The topological polar surface area (TPSA) is 55.6 Å². The monoisotopic (exact) mass is 288 g/mol. The molecule has 1 aliphatic carbocycles. The predicted octanol–water partition coefficient (Wildman–Crippen LogP) is 2.03. The third-order valence-corrected chi connectivity index (χ3v) is 4.94. The van der Waals surface area contributed by atoms with Crippen LogP contribution in [-0.4, -0.2) is 36.6 Å². The summed E-state index contributed by atoms with van der Waals surface area (Å²) >= 11 is 0. The molecule has 1 fully saturated rings. The van der Waals surface area contributed by atoms with E-state index in [1.807, 2.05) is 11.9 Å². The van der Waals surface area contributed by atoms with E-state index in [4.69, 9.17) is 10.5 Å². The van der Waals surface area contributed by atoms with Gasteiger partial charge in [-0.15, -0.1) is 0 Å². The van der Waals surface area contributed by atoms with E-state index < -0.39 is 5.54 Å². The number of amides is 1. The number of nitrogens with two attached hydrogens (primary N) is 1. The minimum Gasteiger partial charge on any atom is -0.381 e. The zero-order chi connectivity index (χ0) is 14.9. The number of carbonyl (C=O) groups excluding carboxylic acids is 1. The van der Waals surface area contributed by atoms with Crippen molar-refractivity contribution in [3.8, 4) is 0 Å². The van der Waals surface area contributed by atoms with Crippen LogP contribution in [0.2, 0.25) is 0 Å². The highest BCUT2D eigenvalue weighted by molar-refractivity contribution is 5.86. The van der Waals surface area contributed by atoms with Gasteiger partial charge in [-0.1, -0.05) is 24.3 Å². The fourth-order valence-corrected chi connectivity index (χ4v) is 3.57. The van der Waals surface area contributed by atoms with Crippen molar-refractivity contribution < 1.29 is 9.53 Å². The van der Waals surface area contributed by atoms with Crippen LogP contribution >= 0.6 is 0 Å². The van der Waals surface area contributed by atoms with E-state index in [-0.39, 0.29) is 11.9 Å². The Balaban J connectivity index is 1.82. The molecule has 114 valence electrons. The van der Waals surface area contributed by atoms with Gasteiger partial charge in [-0.25, -0.2) is 0 Å². The number of hydrogen-bond acceptors (Lipinski definition) is 3. The molecule has 1 atom stereocenters. The number of nitrogens with zero attached hydrogens (tertiary/aromatic N) is 1. The van der Waals surface area contributed by atoms with Crippen molar-refractivity contribution in [3.63, 3.8) is 0 Å². The van der Waals surface area contributed by atoms with Crippen LogP contribution < -0.4 is 5.73 Å². The zero-order valence-corrected chi connectivity index (χ0v) is 12.7. The molecule has 0 spiro atoms. The van der Waals surface area contributed by atoms with Crippen molar-refractivity contribution in [1.29, 1.82) is 0 Å². The summed E-state index contributed by atoms with van der Waals surface area (Å²) < 4.78 is 5.35. The summed E-state index contributed by atoms with van der Waals surface area (Å²) in [5.74, 6) is 0.0625. The van der Waals surface area contributed by atoms with Crippen LogP contribution in [0.15, 0.2) is 24.3 Å². The number of rotatable bonds is 2. The second-order valence-electron chi connectivity index (χ2n) is 6.29. The maximum absolute atomic E-state index is 12.9. The second kappa shape index (κ2) is 5.78. The molecule has 0 radical (unpaired) electrons. The van der Waals surface area contributed by atoms with Crippen LogP contribution in [-0.2, 0) is 16.0 Å². The Morgan fingerprint density at radius 2 is 2.05 bits per heavy atom. The second-order valence-corrected chi connectivity index (χ2v) is 6.29. The Kier molecular flexibility index (Phi) is 4.00. The molecule has 2 N–H and O–H groups in total. The van der Waals surface area contributed by atoms with E-state index in [2.05, 4.69) is 24.3 Å². The molecule has 3 rings (SSSR count). The van der Waals surface area contributed by atoms with Crippen LogP contribution in [0, 0.1) is 0 Å². The highest BCUT2D eigenvalue weighted by Crippen LogP contribution is 2.35. The van der Waals surface area contributed by atoms with Crippen LogP contribution in [0.3, 0.4) is 0 Å². The highest BCUT2D eigenvalue weighted by Gasteiger charge is 2.40. The first-order valence-corrected chi connectivity index (χ1v) is 7.83. The first-order valence-electron chi connectivity index (χ1n) is 7.83. The third kappa shape index (κ3) is 2.70. The van der Waals surface area contributed by atoms with Gasteiger partial charge in [0.15, 0.2) is 0 Å². The first-order chi connectivity index (χ1) is 10.1. The molecule has 1 aromatic rings. The third-order valence-electron chi connectivity index (χ3n) is 4.94. The Hall–Kier alpha value is -1.39. The lowest BCUT2D eigenvalue weighted by molar-refractivity contribution is -0.141. The summed E-state index contributed by atoms with van der Waals surface area (Å²) in [5, 5.41) is 0. The molecule has 4 heteroatoms. The molecule has 1 amide bonds. The van der Waals surface area contributed by atoms with Crippen LogP contribution in [0.1, 0.15) is 42.9 Å². The molecule has 1 aromatic carbocycles. The summed E-state index contributed by atoms with van der Waals surface area (Å²) in [5.41, 5.74) is 8.26. The van der Waals surface area contributed by atoms with Crippen LogP contribution in [0.25, 0.3) is 0 Å². The van der Waals surface area contributed by atoms with E-state index in [9.17, 15) is 4.79 Å². The average molecular weight is 288 g/mol. The molecule has 0 bridgehead atoms. The van der Waals surface area contributed by atoms with E-state index in [1.165, 1.54) is 11.1 Å². The van der Waals surface area contributed by atoms with Crippen molar-refractivity contribution in [2.24, 2.45) is 5.73 Å². The lowest BCUT2D eigenvalue weighted by Crippen LogP contribution is -2.57. The molecule has 1 aliphatic heterocycles. The average Bonchev–Trinajstić information content (AvgIpc) is 2.53. The Labute approximate surface area is 126 Å². The number of likely N-dealkylation sites (N-methyl/N-ethyl adjacent to an activating group) is 1. The van der Waals surface area contributed by atoms with Gasteiger partial charge in [-0.2, -0.15) is 0 Å². The van der Waals surface area contributed by atoms with Crippen LogP contribution in [0.5, 0.6) is 0 Å². The lowest BCUT2D eigenvalue weighted by atomic mass is 9.84. The molecule has 1 saturated heterocycles. The maximum atomic E-state index is 12.9. The van der Waals surface area contributed by atoms with E-state index in [0.717, 1.165) is 19.3 Å². The van der Waals surface area contributed by atoms with Crippen molar-refractivity contribution >= 4 is 5.91 Å². The molecule has 1 heterocycles. The summed E-state index contributed by atoms with van der Waals surface area (Å²) in [6.07, 6.45) is 4.48.